The summed E-state index contributed by atoms with van der Waals surface area (Å²) in [5.74, 6) is 0.703. The maximum absolute atomic E-state index is 11.7. The molecule has 0 bridgehead atoms. The third-order valence-corrected chi connectivity index (χ3v) is 4.13. The molecule has 0 saturated carbocycles. The number of halogens is 1. The molecule has 2 aliphatic heterocycles. The van der Waals surface area contributed by atoms with Gasteiger partial charge in [0.1, 0.15) is 21.0 Å². The zero-order chi connectivity index (χ0) is 10.4. The van der Waals surface area contributed by atoms with Gasteiger partial charge in [-0.2, -0.15) is 0 Å². The van der Waals surface area contributed by atoms with Crippen LogP contribution < -0.4 is 15.0 Å². The Morgan fingerprint density at radius 2 is 2.47 bits per heavy atom. The van der Waals surface area contributed by atoms with E-state index >= 15 is 0 Å². The van der Waals surface area contributed by atoms with E-state index in [0.717, 1.165) is 21.8 Å². The standard InChI is InChI=1S/C9H7BrN2O2S/c10-8-6-5-7(15-8)9(13)11-1-2-12(5)3-4-14-6/h1-2H,3-4H2,(H,11,13). The lowest BCUT2D eigenvalue weighted by molar-refractivity contribution is 0.0975. The minimum atomic E-state index is -0.0776. The molecule has 1 amide bonds. The third kappa shape index (κ3) is 1.28. The van der Waals surface area contributed by atoms with Gasteiger partial charge in [-0.05, 0) is 15.9 Å². The lowest BCUT2D eigenvalue weighted by Gasteiger charge is -2.25. The lowest BCUT2D eigenvalue weighted by Crippen LogP contribution is -2.27. The summed E-state index contributed by atoms with van der Waals surface area (Å²) in [5.41, 5.74) is 0.879. The minimum absolute atomic E-state index is 0.0776. The molecule has 0 aliphatic carbocycles. The predicted molar refractivity (Wildman–Crippen MR) is 61.5 cm³/mol. The molecule has 0 radical (unpaired) electrons. The maximum Gasteiger partial charge on any atom is 0.267 e. The second-order valence-electron chi connectivity index (χ2n) is 3.21. The zero-order valence-electron chi connectivity index (χ0n) is 7.62. The second kappa shape index (κ2) is 3.24. The van der Waals surface area contributed by atoms with E-state index in [1.54, 1.807) is 6.20 Å². The normalized spacial score (nSPS) is 17.9. The van der Waals surface area contributed by atoms with Crippen molar-refractivity contribution >= 4 is 38.9 Å². The number of nitrogens with one attached hydrogen (secondary N) is 1. The van der Waals surface area contributed by atoms with Crippen molar-refractivity contribution in [2.75, 3.05) is 18.1 Å². The van der Waals surface area contributed by atoms with E-state index in [1.165, 1.54) is 11.3 Å². The molecule has 2 aliphatic rings. The molecule has 1 N–H and O–H groups in total. The van der Waals surface area contributed by atoms with Gasteiger partial charge in [-0.1, -0.05) is 0 Å². The largest absolute Gasteiger partial charge is 0.487 e. The summed E-state index contributed by atoms with van der Waals surface area (Å²) >= 11 is 4.82. The Morgan fingerprint density at radius 3 is 3.33 bits per heavy atom. The highest BCUT2D eigenvalue weighted by Crippen LogP contribution is 2.48. The number of ether oxygens (including phenoxy) is 1. The molecule has 78 valence electrons. The first-order chi connectivity index (χ1) is 7.27. The van der Waals surface area contributed by atoms with Crippen molar-refractivity contribution in [3.63, 3.8) is 0 Å². The predicted octanol–water partition coefficient (Wildman–Crippen LogP) is 1.92. The van der Waals surface area contributed by atoms with Gasteiger partial charge in [0.05, 0.1) is 6.54 Å². The number of hydrogen-bond acceptors (Lipinski definition) is 4. The molecule has 0 aromatic carbocycles. The zero-order valence-corrected chi connectivity index (χ0v) is 10.0. The van der Waals surface area contributed by atoms with Crippen molar-refractivity contribution in [3.8, 4) is 5.75 Å². The Hall–Kier alpha value is -1.01. The van der Waals surface area contributed by atoms with E-state index in [-0.39, 0.29) is 5.91 Å². The number of carbonyl (C=O) groups is 1. The number of rotatable bonds is 0. The number of anilines is 1. The third-order valence-electron chi connectivity index (χ3n) is 2.34. The number of carbonyl (C=O) groups excluding carboxylic acids is 1. The molecule has 3 rings (SSSR count). The van der Waals surface area contributed by atoms with Crippen LogP contribution >= 0.6 is 27.3 Å². The molecule has 0 spiro atoms. The van der Waals surface area contributed by atoms with Crippen molar-refractivity contribution < 1.29 is 9.53 Å². The molecule has 3 heterocycles. The molecule has 0 unspecified atom stereocenters. The molecular formula is C9H7BrN2O2S. The Labute approximate surface area is 98.6 Å². The van der Waals surface area contributed by atoms with Crippen LogP contribution in [0.1, 0.15) is 9.67 Å². The first-order valence-corrected chi connectivity index (χ1v) is 6.07. The number of thiophene rings is 1. The molecule has 1 aromatic rings. The Bertz CT molecular complexity index is 469. The summed E-state index contributed by atoms with van der Waals surface area (Å²) in [4.78, 5) is 14.4. The lowest BCUT2D eigenvalue weighted by atomic mass is 10.3. The summed E-state index contributed by atoms with van der Waals surface area (Å²) < 4.78 is 6.43. The van der Waals surface area contributed by atoms with Gasteiger partial charge >= 0.3 is 0 Å². The van der Waals surface area contributed by atoms with Crippen LogP contribution in [0.3, 0.4) is 0 Å². The van der Waals surface area contributed by atoms with Gasteiger partial charge in [-0.3, -0.25) is 4.79 Å². The van der Waals surface area contributed by atoms with Crippen molar-refractivity contribution in [2.24, 2.45) is 0 Å². The van der Waals surface area contributed by atoms with Crippen LogP contribution in [0.5, 0.6) is 5.75 Å². The van der Waals surface area contributed by atoms with Crippen LogP contribution in [0.2, 0.25) is 0 Å². The molecular weight excluding hydrogens is 280 g/mol. The van der Waals surface area contributed by atoms with Crippen molar-refractivity contribution in [3.05, 3.63) is 21.1 Å². The van der Waals surface area contributed by atoms with E-state index in [0.29, 0.717) is 11.5 Å². The van der Waals surface area contributed by atoms with Crippen molar-refractivity contribution in [2.45, 2.75) is 0 Å². The summed E-state index contributed by atoms with van der Waals surface area (Å²) in [6.07, 6.45) is 3.53. The topological polar surface area (TPSA) is 41.6 Å². The molecule has 0 saturated heterocycles. The number of nitrogens with zero attached hydrogens (tertiary/aromatic N) is 1. The van der Waals surface area contributed by atoms with Crippen LogP contribution in [0.25, 0.3) is 0 Å². The number of hydrogen-bond donors (Lipinski definition) is 1. The summed E-state index contributed by atoms with van der Waals surface area (Å²) in [5, 5.41) is 2.71. The summed E-state index contributed by atoms with van der Waals surface area (Å²) in [7, 11) is 0. The average Bonchev–Trinajstić information content (AvgIpc) is 2.48. The smallest absolute Gasteiger partial charge is 0.267 e. The van der Waals surface area contributed by atoms with Crippen LogP contribution in [0, 0.1) is 0 Å². The average molecular weight is 287 g/mol. The van der Waals surface area contributed by atoms with Crippen molar-refractivity contribution in [1.29, 1.82) is 0 Å². The van der Waals surface area contributed by atoms with Crippen LogP contribution in [-0.2, 0) is 0 Å². The highest BCUT2D eigenvalue weighted by Gasteiger charge is 2.30. The fraction of sp³-hybridized carbons (Fsp3) is 0.222. The summed E-state index contributed by atoms with van der Waals surface area (Å²) in [6, 6.07) is 0. The van der Waals surface area contributed by atoms with Gasteiger partial charge in [-0.15, -0.1) is 11.3 Å². The highest BCUT2D eigenvalue weighted by molar-refractivity contribution is 9.11. The fourth-order valence-corrected chi connectivity index (χ4v) is 3.37. The Balaban J connectivity index is 2.26. The monoisotopic (exact) mass is 286 g/mol. The molecule has 15 heavy (non-hydrogen) atoms. The van der Waals surface area contributed by atoms with Crippen LogP contribution in [0.15, 0.2) is 16.2 Å². The molecule has 0 fully saturated rings. The number of amides is 1. The van der Waals surface area contributed by atoms with E-state index in [9.17, 15) is 4.79 Å². The van der Waals surface area contributed by atoms with E-state index in [4.69, 9.17) is 4.74 Å². The summed E-state index contributed by atoms with van der Waals surface area (Å²) in [6.45, 7) is 1.41. The van der Waals surface area contributed by atoms with Gasteiger partial charge in [0.25, 0.3) is 5.91 Å². The van der Waals surface area contributed by atoms with Gasteiger partial charge < -0.3 is 15.0 Å². The highest BCUT2D eigenvalue weighted by atomic mass is 79.9. The minimum Gasteiger partial charge on any atom is -0.487 e. The van der Waals surface area contributed by atoms with Crippen LogP contribution in [0.4, 0.5) is 5.69 Å². The van der Waals surface area contributed by atoms with Gasteiger partial charge in [0.15, 0.2) is 5.75 Å². The second-order valence-corrected chi connectivity index (χ2v) is 5.55. The van der Waals surface area contributed by atoms with E-state index in [1.807, 2.05) is 11.1 Å². The molecule has 4 nitrogen and oxygen atoms in total. The molecule has 0 atom stereocenters. The SMILES string of the molecule is O=C1NC=CN2CCOc3c(Br)sc1c32. The maximum atomic E-state index is 11.7. The van der Waals surface area contributed by atoms with Gasteiger partial charge in [0, 0.05) is 12.4 Å². The quantitative estimate of drug-likeness (QED) is 0.792. The first kappa shape index (κ1) is 9.23. The Kier molecular flexibility index (Phi) is 2.00. The first-order valence-electron chi connectivity index (χ1n) is 4.46. The molecule has 6 heteroatoms. The Morgan fingerprint density at radius 1 is 1.60 bits per heavy atom. The van der Waals surface area contributed by atoms with E-state index in [2.05, 4.69) is 21.2 Å². The molecule has 1 aromatic heterocycles. The van der Waals surface area contributed by atoms with Crippen molar-refractivity contribution in [1.82, 2.24) is 5.32 Å². The van der Waals surface area contributed by atoms with Gasteiger partial charge in [-0.25, -0.2) is 0 Å². The van der Waals surface area contributed by atoms with E-state index < -0.39 is 0 Å². The van der Waals surface area contributed by atoms with Crippen LogP contribution in [-0.4, -0.2) is 19.1 Å². The fourth-order valence-electron chi connectivity index (χ4n) is 1.70. The van der Waals surface area contributed by atoms with Gasteiger partial charge in [0.2, 0.25) is 0 Å².